The molecular weight excluding hydrogens is 253 g/mol. The molecule has 102 valence electrons. The van der Waals surface area contributed by atoms with Crippen molar-refractivity contribution in [3.63, 3.8) is 0 Å². The average molecular weight is 273 g/mol. The Labute approximate surface area is 113 Å². The van der Waals surface area contributed by atoms with E-state index in [1.165, 1.54) is 0 Å². The Bertz CT molecular complexity index is 286. The van der Waals surface area contributed by atoms with E-state index in [1.807, 2.05) is 0 Å². The molecule has 0 bridgehead atoms. The van der Waals surface area contributed by atoms with Gasteiger partial charge in [-0.05, 0) is 43.8 Å². The van der Waals surface area contributed by atoms with Crippen molar-refractivity contribution in [2.75, 3.05) is 13.7 Å². The van der Waals surface area contributed by atoms with E-state index in [9.17, 15) is 4.79 Å². The first-order valence-corrected chi connectivity index (χ1v) is 6.52. The topological polar surface area (TPSA) is 82.6 Å². The van der Waals surface area contributed by atoms with Gasteiger partial charge in [0.2, 0.25) is 0 Å². The van der Waals surface area contributed by atoms with Crippen LogP contribution < -0.4 is 16.1 Å². The number of thiocarbonyl (C=S) groups is 1. The van der Waals surface area contributed by atoms with Gasteiger partial charge in [0.1, 0.15) is 0 Å². The summed E-state index contributed by atoms with van der Waals surface area (Å²) >= 11 is 5.07. The van der Waals surface area contributed by atoms with Crippen LogP contribution in [0.25, 0.3) is 0 Å². The first-order valence-electron chi connectivity index (χ1n) is 6.12. The lowest BCUT2D eigenvalue weighted by atomic mass is 9.82. The van der Waals surface area contributed by atoms with Gasteiger partial charge in [-0.2, -0.15) is 0 Å². The molecule has 0 aromatic heterocycles. The zero-order valence-corrected chi connectivity index (χ0v) is 11.4. The highest BCUT2D eigenvalue weighted by molar-refractivity contribution is 7.80. The van der Waals surface area contributed by atoms with Gasteiger partial charge in [0.25, 0.3) is 0 Å². The second kappa shape index (κ2) is 8.28. The van der Waals surface area contributed by atoms with Crippen molar-refractivity contribution < 1.29 is 14.6 Å². The molecule has 0 saturated heterocycles. The molecular formula is C10H20BN3O3S. The van der Waals surface area contributed by atoms with Gasteiger partial charge in [-0.25, -0.2) is 5.34 Å². The van der Waals surface area contributed by atoms with Crippen molar-refractivity contribution >= 4 is 30.9 Å². The quantitative estimate of drug-likeness (QED) is 0.230. The Hall–Kier alpha value is -0.855. The predicted molar refractivity (Wildman–Crippen MR) is 74.1 cm³/mol. The Balaban J connectivity index is 2.10. The van der Waals surface area contributed by atoms with Crippen LogP contribution in [-0.2, 0) is 9.45 Å². The lowest BCUT2D eigenvalue weighted by Crippen LogP contribution is -2.47. The molecule has 8 heteroatoms. The Morgan fingerprint density at radius 3 is 2.67 bits per heavy atom. The monoisotopic (exact) mass is 273 g/mol. The molecule has 6 nitrogen and oxygen atoms in total. The minimum atomic E-state index is -0.664. The zero-order valence-electron chi connectivity index (χ0n) is 10.6. The molecule has 1 rings (SSSR count). The van der Waals surface area contributed by atoms with Gasteiger partial charge in [-0.1, -0.05) is 0 Å². The maximum absolute atomic E-state index is 10.8. The zero-order chi connectivity index (χ0) is 13.4. The van der Waals surface area contributed by atoms with E-state index in [1.54, 1.807) is 7.11 Å². The molecule has 4 N–H and O–H groups in total. The summed E-state index contributed by atoms with van der Waals surface area (Å²) in [6, 6.07) is 0. The van der Waals surface area contributed by atoms with Crippen LogP contribution in [0.3, 0.4) is 0 Å². The summed E-state index contributed by atoms with van der Waals surface area (Å²) < 4.78 is 4.80. The van der Waals surface area contributed by atoms with Gasteiger partial charge in [0.05, 0.1) is 5.92 Å². The summed E-state index contributed by atoms with van der Waals surface area (Å²) in [5.41, 5.74) is 2.80. The van der Waals surface area contributed by atoms with E-state index < -0.39 is 5.97 Å². The van der Waals surface area contributed by atoms with E-state index in [4.69, 9.17) is 22.0 Å². The van der Waals surface area contributed by atoms with Crippen LogP contribution in [0.15, 0.2) is 0 Å². The summed E-state index contributed by atoms with van der Waals surface area (Å²) in [7, 11) is 1.97. The van der Waals surface area contributed by atoms with E-state index >= 15 is 0 Å². The third-order valence-corrected chi connectivity index (χ3v) is 3.41. The number of aliphatic carboxylic acids is 1. The lowest BCUT2D eigenvalue weighted by Gasteiger charge is -2.26. The normalized spacial score (nSPS) is 23.2. The smallest absolute Gasteiger partial charge is 0.379 e. The maximum Gasteiger partial charge on any atom is 0.379 e. The molecule has 0 spiro atoms. The van der Waals surface area contributed by atoms with E-state index in [0.29, 0.717) is 18.6 Å². The number of nitrogens with one attached hydrogen (secondary N) is 3. The minimum absolute atomic E-state index is 0.158. The van der Waals surface area contributed by atoms with Crippen LogP contribution in [-0.4, -0.2) is 37.5 Å². The number of hydrazine groups is 1. The van der Waals surface area contributed by atoms with Gasteiger partial charge in [0.15, 0.2) is 5.11 Å². The minimum Gasteiger partial charge on any atom is -0.481 e. The van der Waals surface area contributed by atoms with Crippen LogP contribution in [0.5, 0.6) is 0 Å². The molecule has 0 unspecified atom stereocenters. The van der Waals surface area contributed by atoms with Gasteiger partial charge in [-0.15, -0.1) is 0 Å². The number of rotatable bonds is 6. The third-order valence-electron chi connectivity index (χ3n) is 3.17. The molecule has 0 heterocycles. The van der Waals surface area contributed by atoms with Gasteiger partial charge < -0.3 is 20.5 Å². The highest BCUT2D eigenvalue weighted by atomic mass is 32.1. The lowest BCUT2D eigenvalue weighted by molar-refractivity contribution is -0.143. The molecule has 0 aliphatic heterocycles. The summed E-state index contributed by atoms with van der Waals surface area (Å²) in [5.74, 6) is -0.320. The highest BCUT2D eigenvalue weighted by Crippen LogP contribution is 2.28. The number of carboxylic acid groups (broad SMARTS) is 1. The van der Waals surface area contributed by atoms with E-state index in [2.05, 4.69) is 16.1 Å². The molecule has 1 fully saturated rings. The summed E-state index contributed by atoms with van der Waals surface area (Å²) in [6.07, 6.45) is 3.42. The second-order valence-corrected chi connectivity index (χ2v) is 4.91. The van der Waals surface area contributed by atoms with Crippen LogP contribution in [0.1, 0.15) is 25.7 Å². The molecule has 0 aromatic rings. The summed E-state index contributed by atoms with van der Waals surface area (Å²) in [5, 5.41) is 15.3. The SMILES string of the molecule is COBNNC(=S)NCC1CCC(C(=O)O)CC1. The Morgan fingerprint density at radius 2 is 2.11 bits per heavy atom. The molecule has 0 amide bonds. The van der Waals surface area contributed by atoms with Crippen LogP contribution in [0, 0.1) is 11.8 Å². The molecule has 18 heavy (non-hydrogen) atoms. The molecule has 0 atom stereocenters. The third kappa shape index (κ3) is 5.66. The van der Waals surface area contributed by atoms with Crippen LogP contribution >= 0.6 is 12.2 Å². The number of hydrogen-bond acceptors (Lipinski definition) is 4. The second-order valence-electron chi connectivity index (χ2n) is 4.50. The highest BCUT2D eigenvalue weighted by Gasteiger charge is 2.25. The van der Waals surface area contributed by atoms with Crippen molar-refractivity contribution in [3.05, 3.63) is 0 Å². The average Bonchev–Trinajstić information content (AvgIpc) is 2.37. The van der Waals surface area contributed by atoms with Crippen molar-refractivity contribution in [2.24, 2.45) is 11.8 Å². The summed E-state index contributed by atoms with van der Waals surface area (Å²) in [4.78, 5) is 10.8. The Kier molecular flexibility index (Phi) is 7.00. The first kappa shape index (κ1) is 15.2. The standard InChI is InChI=1S/C10H20BN3O3S/c1-17-11-14-13-10(18)12-6-7-2-4-8(5-3-7)9(15)16/h7-8,11,14H,2-6H2,1H3,(H,15,16)(H2,12,13,18). The predicted octanol–water partition coefficient (Wildman–Crippen LogP) is -0.241. The van der Waals surface area contributed by atoms with Crippen molar-refractivity contribution in [3.8, 4) is 0 Å². The van der Waals surface area contributed by atoms with E-state index in [0.717, 1.165) is 32.2 Å². The maximum atomic E-state index is 10.8. The van der Waals surface area contributed by atoms with Crippen molar-refractivity contribution in [1.82, 2.24) is 16.1 Å². The number of carbonyl (C=O) groups is 1. The Morgan fingerprint density at radius 1 is 1.44 bits per heavy atom. The first-order chi connectivity index (χ1) is 8.63. The van der Waals surface area contributed by atoms with Gasteiger partial charge in [0, 0.05) is 13.7 Å². The largest absolute Gasteiger partial charge is 0.481 e. The molecule has 1 aliphatic rings. The fraction of sp³-hybridized carbons (Fsp3) is 0.800. The number of carboxylic acids is 1. The fourth-order valence-electron chi connectivity index (χ4n) is 2.08. The van der Waals surface area contributed by atoms with Crippen molar-refractivity contribution in [2.45, 2.75) is 25.7 Å². The number of hydrogen-bond donors (Lipinski definition) is 4. The summed E-state index contributed by atoms with van der Waals surface area (Å²) in [6.45, 7) is 0.785. The fourth-order valence-corrected chi connectivity index (χ4v) is 2.24. The van der Waals surface area contributed by atoms with Gasteiger partial charge >= 0.3 is 13.6 Å². The molecule has 1 saturated carbocycles. The molecule has 0 aromatic carbocycles. The van der Waals surface area contributed by atoms with Gasteiger partial charge in [-0.3, -0.25) is 4.79 Å². The van der Waals surface area contributed by atoms with Crippen molar-refractivity contribution in [1.29, 1.82) is 0 Å². The molecule has 0 radical (unpaired) electrons. The van der Waals surface area contributed by atoms with Crippen LogP contribution in [0.2, 0.25) is 0 Å². The molecule has 1 aliphatic carbocycles. The van der Waals surface area contributed by atoms with E-state index in [-0.39, 0.29) is 5.92 Å². The van der Waals surface area contributed by atoms with Crippen LogP contribution in [0.4, 0.5) is 0 Å².